The highest BCUT2D eigenvalue weighted by Crippen LogP contribution is 2.24. The van der Waals surface area contributed by atoms with Crippen LogP contribution in [0.3, 0.4) is 0 Å². The Morgan fingerprint density at radius 3 is 3.00 bits per heavy atom. The maximum absolute atomic E-state index is 10.8. The monoisotopic (exact) mass is 237 g/mol. The molecule has 92 valence electrons. The fourth-order valence-corrected chi connectivity index (χ4v) is 1.49. The number of hydrogen-bond acceptors (Lipinski definition) is 5. The van der Waals surface area contributed by atoms with Gasteiger partial charge in [0.05, 0.1) is 0 Å². The van der Waals surface area contributed by atoms with Gasteiger partial charge in [-0.3, -0.25) is 0 Å². The molecule has 0 aliphatic heterocycles. The molecule has 0 atom stereocenters. The van der Waals surface area contributed by atoms with E-state index in [2.05, 4.69) is 10.3 Å². The van der Waals surface area contributed by atoms with Gasteiger partial charge < -0.3 is 20.2 Å². The Kier molecular flexibility index (Phi) is 3.53. The first-order valence-electron chi connectivity index (χ1n) is 5.65. The largest absolute Gasteiger partial charge is 0.484 e. The summed E-state index contributed by atoms with van der Waals surface area (Å²) in [5.41, 5.74) is 0.611. The van der Waals surface area contributed by atoms with E-state index in [9.17, 15) is 10.1 Å². The highest BCUT2D eigenvalue weighted by atomic mass is 16.6. The summed E-state index contributed by atoms with van der Waals surface area (Å²) in [7, 11) is 0. The third kappa shape index (κ3) is 3.39. The molecule has 1 N–H and O–H groups in total. The van der Waals surface area contributed by atoms with Crippen molar-refractivity contribution < 1.29 is 9.66 Å². The van der Waals surface area contributed by atoms with Gasteiger partial charge in [-0.05, 0) is 34.9 Å². The quantitative estimate of drug-likeness (QED) is 0.460. The van der Waals surface area contributed by atoms with Crippen LogP contribution in [0.5, 0.6) is 5.75 Å². The number of nitrogens with one attached hydrogen (secondary N) is 1. The Bertz CT molecular complexity index is 418. The van der Waals surface area contributed by atoms with Crippen LogP contribution in [0, 0.1) is 17.0 Å². The van der Waals surface area contributed by atoms with Crippen LogP contribution in [0.25, 0.3) is 0 Å². The second-order valence-electron chi connectivity index (χ2n) is 4.11. The molecule has 1 aliphatic carbocycles. The highest BCUT2D eigenvalue weighted by Gasteiger charge is 2.20. The molecular formula is C11H15N3O3. The van der Waals surface area contributed by atoms with Gasteiger partial charge in [0.1, 0.15) is 12.3 Å². The molecule has 0 radical (unpaired) electrons. The SMILES string of the molecule is Cc1ccc(OCCNC2CC2)c([N+](=O)[O-])n1. The summed E-state index contributed by atoms with van der Waals surface area (Å²) in [6.07, 6.45) is 2.43. The van der Waals surface area contributed by atoms with Gasteiger partial charge in [-0.15, -0.1) is 0 Å². The number of ether oxygens (including phenoxy) is 1. The maximum Gasteiger partial charge on any atom is 0.406 e. The third-order valence-corrected chi connectivity index (χ3v) is 2.52. The van der Waals surface area contributed by atoms with Crippen LogP contribution in [-0.4, -0.2) is 29.1 Å². The van der Waals surface area contributed by atoms with Gasteiger partial charge in [0, 0.05) is 19.5 Å². The Hall–Kier alpha value is -1.69. The fraction of sp³-hybridized carbons (Fsp3) is 0.545. The lowest BCUT2D eigenvalue weighted by molar-refractivity contribution is -0.390. The zero-order valence-corrected chi connectivity index (χ0v) is 9.68. The average molecular weight is 237 g/mol. The minimum atomic E-state index is -0.517. The van der Waals surface area contributed by atoms with Gasteiger partial charge >= 0.3 is 5.82 Å². The highest BCUT2D eigenvalue weighted by molar-refractivity contribution is 5.40. The molecule has 1 saturated carbocycles. The molecule has 1 aliphatic rings. The van der Waals surface area contributed by atoms with Crippen LogP contribution in [0.15, 0.2) is 12.1 Å². The van der Waals surface area contributed by atoms with Crippen molar-refractivity contribution in [3.63, 3.8) is 0 Å². The number of aryl methyl sites for hydroxylation is 1. The number of aromatic nitrogens is 1. The van der Waals surface area contributed by atoms with Gasteiger partial charge in [-0.25, -0.2) is 0 Å². The molecule has 1 aromatic heterocycles. The summed E-state index contributed by atoms with van der Waals surface area (Å²) in [4.78, 5) is 14.1. The minimum Gasteiger partial charge on any atom is -0.484 e. The van der Waals surface area contributed by atoms with E-state index in [0.29, 0.717) is 24.9 Å². The van der Waals surface area contributed by atoms with Crippen molar-refractivity contribution in [2.45, 2.75) is 25.8 Å². The van der Waals surface area contributed by atoms with Crippen molar-refractivity contribution in [2.24, 2.45) is 0 Å². The first-order chi connectivity index (χ1) is 8.16. The Morgan fingerprint density at radius 1 is 1.59 bits per heavy atom. The molecular weight excluding hydrogens is 222 g/mol. The number of nitro groups is 1. The fourth-order valence-electron chi connectivity index (χ4n) is 1.49. The summed E-state index contributed by atoms with van der Waals surface area (Å²) < 4.78 is 5.36. The lowest BCUT2D eigenvalue weighted by Gasteiger charge is -2.06. The molecule has 2 rings (SSSR count). The molecule has 1 fully saturated rings. The van der Waals surface area contributed by atoms with E-state index in [1.807, 2.05) is 0 Å². The number of pyridine rings is 1. The molecule has 0 aromatic carbocycles. The number of rotatable bonds is 6. The van der Waals surface area contributed by atoms with E-state index >= 15 is 0 Å². The normalized spacial score (nSPS) is 14.6. The van der Waals surface area contributed by atoms with E-state index in [1.165, 1.54) is 12.8 Å². The Balaban J connectivity index is 1.91. The molecule has 0 amide bonds. The molecule has 17 heavy (non-hydrogen) atoms. The van der Waals surface area contributed by atoms with Crippen molar-refractivity contribution in [1.82, 2.24) is 10.3 Å². The molecule has 0 bridgehead atoms. The second-order valence-corrected chi connectivity index (χ2v) is 4.11. The average Bonchev–Trinajstić information content (AvgIpc) is 3.09. The third-order valence-electron chi connectivity index (χ3n) is 2.52. The van der Waals surface area contributed by atoms with Crippen LogP contribution in [0.4, 0.5) is 5.82 Å². The lowest BCUT2D eigenvalue weighted by atomic mass is 10.3. The standard InChI is InChI=1S/C11H15N3O3/c1-8-2-5-10(11(13-8)14(15)16)17-7-6-12-9-3-4-9/h2,5,9,12H,3-4,6-7H2,1H3. The van der Waals surface area contributed by atoms with Gasteiger partial charge in [-0.1, -0.05) is 0 Å². The van der Waals surface area contributed by atoms with Crippen molar-refractivity contribution in [3.8, 4) is 5.75 Å². The zero-order valence-electron chi connectivity index (χ0n) is 9.68. The van der Waals surface area contributed by atoms with E-state index in [1.54, 1.807) is 19.1 Å². The van der Waals surface area contributed by atoms with Crippen LogP contribution in [-0.2, 0) is 0 Å². The topological polar surface area (TPSA) is 77.3 Å². The first-order valence-corrected chi connectivity index (χ1v) is 5.65. The van der Waals surface area contributed by atoms with Crippen LogP contribution >= 0.6 is 0 Å². The van der Waals surface area contributed by atoms with Gasteiger partial charge in [0.25, 0.3) is 0 Å². The molecule has 0 spiro atoms. The van der Waals surface area contributed by atoms with Gasteiger partial charge in [0.15, 0.2) is 0 Å². The number of nitrogens with zero attached hydrogens (tertiary/aromatic N) is 2. The van der Waals surface area contributed by atoms with Crippen molar-refractivity contribution in [3.05, 3.63) is 27.9 Å². The Labute approximate surface area is 99.2 Å². The Morgan fingerprint density at radius 2 is 2.35 bits per heavy atom. The predicted octanol–water partition coefficient (Wildman–Crippen LogP) is 1.43. The van der Waals surface area contributed by atoms with Gasteiger partial charge in [0.2, 0.25) is 5.75 Å². The summed E-state index contributed by atoms with van der Waals surface area (Å²) in [5.74, 6) is 0.0228. The second kappa shape index (κ2) is 5.09. The predicted molar refractivity (Wildman–Crippen MR) is 62.1 cm³/mol. The summed E-state index contributed by atoms with van der Waals surface area (Å²) in [6.45, 7) is 2.84. The van der Waals surface area contributed by atoms with Gasteiger partial charge in [-0.2, -0.15) is 0 Å². The molecule has 1 aromatic rings. The summed E-state index contributed by atoms with van der Waals surface area (Å²) >= 11 is 0. The van der Waals surface area contributed by atoms with Crippen molar-refractivity contribution in [2.75, 3.05) is 13.2 Å². The maximum atomic E-state index is 10.8. The van der Waals surface area contributed by atoms with E-state index in [4.69, 9.17) is 4.74 Å². The van der Waals surface area contributed by atoms with Crippen LogP contribution < -0.4 is 10.1 Å². The molecule has 6 nitrogen and oxygen atoms in total. The summed E-state index contributed by atoms with van der Waals surface area (Å²) in [6, 6.07) is 3.92. The molecule has 0 saturated heterocycles. The van der Waals surface area contributed by atoms with Crippen molar-refractivity contribution >= 4 is 5.82 Å². The lowest BCUT2D eigenvalue weighted by Crippen LogP contribution is -2.23. The van der Waals surface area contributed by atoms with E-state index in [-0.39, 0.29) is 11.6 Å². The smallest absolute Gasteiger partial charge is 0.406 e. The number of hydrogen-bond donors (Lipinski definition) is 1. The molecule has 1 heterocycles. The van der Waals surface area contributed by atoms with E-state index in [0.717, 1.165) is 0 Å². The summed E-state index contributed by atoms with van der Waals surface area (Å²) in [5, 5.41) is 14.0. The molecule has 6 heteroatoms. The van der Waals surface area contributed by atoms with Crippen LogP contribution in [0.2, 0.25) is 0 Å². The first kappa shape index (κ1) is 11.8. The van der Waals surface area contributed by atoms with E-state index < -0.39 is 4.92 Å². The minimum absolute atomic E-state index is 0.212. The van der Waals surface area contributed by atoms with Crippen molar-refractivity contribution in [1.29, 1.82) is 0 Å². The zero-order chi connectivity index (χ0) is 12.3. The molecule has 0 unspecified atom stereocenters. The van der Waals surface area contributed by atoms with Crippen LogP contribution in [0.1, 0.15) is 18.5 Å².